The highest BCUT2D eigenvalue weighted by Gasteiger charge is 2.11. The Hall–Kier alpha value is -1.10. The van der Waals surface area contributed by atoms with Crippen molar-refractivity contribution in [1.82, 2.24) is 9.88 Å². The van der Waals surface area contributed by atoms with Crippen molar-refractivity contribution in [2.24, 2.45) is 0 Å². The maximum atomic E-state index is 11.9. The molecule has 0 aliphatic rings. The molecule has 3 N–H and O–H groups in total. The Morgan fingerprint density at radius 1 is 1.59 bits per heavy atom. The van der Waals surface area contributed by atoms with Gasteiger partial charge in [-0.25, -0.2) is 0 Å². The molecule has 17 heavy (non-hydrogen) atoms. The van der Waals surface area contributed by atoms with Gasteiger partial charge in [0.05, 0.1) is 5.69 Å². The van der Waals surface area contributed by atoms with Gasteiger partial charge in [-0.15, -0.1) is 0 Å². The molecule has 0 radical (unpaired) electrons. The molecule has 0 saturated carbocycles. The van der Waals surface area contributed by atoms with E-state index in [1.54, 1.807) is 17.8 Å². The molecule has 96 valence electrons. The molecule has 0 aliphatic heterocycles. The number of amides is 1. The van der Waals surface area contributed by atoms with Crippen LogP contribution in [0.3, 0.4) is 0 Å². The number of nitrogen functional groups attached to an aromatic ring is 1. The molecule has 1 aromatic rings. The van der Waals surface area contributed by atoms with Crippen LogP contribution in [-0.4, -0.2) is 29.0 Å². The van der Waals surface area contributed by atoms with E-state index in [2.05, 4.69) is 18.5 Å². The fourth-order valence-electron chi connectivity index (χ4n) is 1.66. The zero-order valence-electron chi connectivity index (χ0n) is 10.5. The van der Waals surface area contributed by atoms with E-state index in [4.69, 9.17) is 5.73 Å². The SMILES string of the molecule is CCCn1cc(N)cc1C(=O)NCCCSC. The highest BCUT2D eigenvalue weighted by atomic mass is 32.2. The molecule has 0 aromatic carbocycles. The molecule has 0 spiro atoms. The van der Waals surface area contributed by atoms with Crippen LogP contribution >= 0.6 is 11.8 Å². The topological polar surface area (TPSA) is 60.0 Å². The van der Waals surface area contributed by atoms with Crippen molar-refractivity contribution < 1.29 is 4.79 Å². The highest BCUT2D eigenvalue weighted by Crippen LogP contribution is 2.11. The summed E-state index contributed by atoms with van der Waals surface area (Å²) in [5, 5.41) is 2.92. The van der Waals surface area contributed by atoms with Crippen LogP contribution in [0.2, 0.25) is 0 Å². The van der Waals surface area contributed by atoms with Gasteiger partial charge in [-0.3, -0.25) is 4.79 Å². The zero-order valence-corrected chi connectivity index (χ0v) is 11.3. The number of rotatable bonds is 7. The largest absolute Gasteiger partial charge is 0.397 e. The predicted molar refractivity (Wildman–Crippen MR) is 74.5 cm³/mol. The highest BCUT2D eigenvalue weighted by molar-refractivity contribution is 7.98. The number of thioether (sulfide) groups is 1. The van der Waals surface area contributed by atoms with Crippen LogP contribution < -0.4 is 11.1 Å². The Kier molecular flexibility index (Phi) is 5.97. The molecule has 0 saturated heterocycles. The molecule has 0 atom stereocenters. The zero-order chi connectivity index (χ0) is 12.7. The minimum absolute atomic E-state index is 0.0312. The summed E-state index contributed by atoms with van der Waals surface area (Å²) >= 11 is 1.79. The number of anilines is 1. The van der Waals surface area contributed by atoms with Crippen molar-refractivity contribution in [2.75, 3.05) is 24.3 Å². The number of nitrogens with zero attached hydrogens (tertiary/aromatic N) is 1. The molecule has 0 aliphatic carbocycles. The lowest BCUT2D eigenvalue weighted by Crippen LogP contribution is -2.27. The van der Waals surface area contributed by atoms with E-state index in [1.807, 2.05) is 10.8 Å². The van der Waals surface area contributed by atoms with Gasteiger partial charge in [0.1, 0.15) is 5.69 Å². The third kappa shape index (κ3) is 4.34. The van der Waals surface area contributed by atoms with Gasteiger partial charge >= 0.3 is 0 Å². The Morgan fingerprint density at radius 2 is 2.35 bits per heavy atom. The van der Waals surface area contributed by atoms with Gasteiger partial charge in [-0.05, 0) is 30.9 Å². The van der Waals surface area contributed by atoms with Crippen LogP contribution in [-0.2, 0) is 6.54 Å². The Balaban J connectivity index is 2.55. The average molecular weight is 255 g/mol. The van der Waals surface area contributed by atoms with Gasteiger partial charge < -0.3 is 15.6 Å². The van der Waals surface area contributed by atoms with Crippen LogP contribution in [0.5, 0.6) is 0 Å². The third-order valence-corrected chi connectivity index (χ3v) is 3.12. The van der Waals surface area contributed by atoms with E-state index in [0.717, 1.165) is 31.7 Å². The normalized spacial score (nSPS) is 10.5. The van der Waals surface area contributed by atoms with Gasteiger partial charge in [-0.2, -0.15) is 11.8 Å². The second-order valence-corrected chi connectivity index (χ2v) is 4.94. The molecule has 1 aromatic heterocycles. The molecule has 0 bridgehead atoms. The predicted octanol–water partition coefficient (Wildman–Crippen LogP) is 1.96. The van der Waals surface area contributed by atoms with Crippen molar-refractivity contribution >= 4 is 23.4 Å². The quantitative estimate of drug-likeness (QED) is 0.732. The molecule has 1 rings (SSSR count). The Morgan fingerprint density at radius 3 is 3.00 bits per heavy atom. The molecule has 1 amide bonds. The maximum Gasteiger partial charge on any atom is 0.267 e. The fourth-order valence-corrected chi connectivity index (χ4v) is 2.09. The van der Waals surface area contributed by atoms with E-state index in [9.17, 15) is 4.79 Å². The van der Waals surface area contributed by atoms with Crippen molar-refractivity contribution in [3.63, 3.8) is 0 Å². The number of hydrogen-bond donors (Lipinski definition) is 2. The number of carbonyl (C=O) groups excluding carboxylic acids is 1. The minimum Gasteiger partial charge on any atom is -0.397 e. The molecule has 0 fully saturated rings. The van der Waals surface area contributed by atoms with E-state index in [-0.39, 0.29) is 5.91 Å². The third-order valence-electron chi connectivity index (χ3n) is 2.43. The standard InChI is InChI=1S/C12H21N3OS/c1-3-6-15-9-10(13)8-11(15)12(16)14-5-4-7-17-2/h8-9H,3-7,13H2,1-2H3,(H,14,16). The molecule has 1 heterocycles. The van der Waals surface area contributed by atoms with Gasteiger partial charge in [0, 0.05) is 19.3 Å². The average Bonchev–Trinajstić information content (AvgIpc) is 2.66. The second-order valence-electron chi connectivity index (χ2n) is 3.95. The molecular weight excluding hydrogens is 234 g/mol. The summed E-state index contributed by atoms with van der Waals surface area (Å²) in [6.07, 6.45) is 5.87. The number of carbonyl (C=O) groups is 1. The van der Waals surface area contributed by atoms with Crippen LogP contribution in [0.4, 0.5) is 5.69 Å². The molecule has 5 heteroatoms. The maximum absolute atomic E-state index is 11.9. The van der Waals surface area contributed by atoms with Crippen LogP contribution in [0, 0.1) is 0 Å². The first-order chi connectivity index (χ1) is 8.19. The van der Waals surface area contributed by atoms with E-state index < -0.39 is 0 Å². The molecular formula is C12H21N3OS. The lowest BCUT2D eigenvalue weighted by molar-refractivity contribution is 0.0944. The first-order valence-corrected chi connectivity index (χ1v) is 7.31. The van der Waals surface area contributed by atoms with Crippen LogP contribution in [0.25, 0.3) is 0 Å². The van der Waals surface area contributed by atoms with Gasteiger partial charge in [-0.1, -0.05) is 6.92 Å². The van der Waals surface area contributed by atoms with Gasteiger partial charge in [0.15, 0.2) is 0 Å². The summed E-state index contributed by atoms with van der Waals surface area (Å²) in [6.45, 7) is 3.62. The summed E-state index contributed by atoms with van der Waals surface area (Å²) in [5.41, 5.74) is 7.03. The summed E-state index contributed by atoms with van der Waals surface area (Å²) in [6, 6.07) is 1.74. The summed E-state index contributed by atoms with van der Waals surface area (Å²) in [4.78, 5) is 11.9. The first-order valence-electron chi connectivity index (χ1n) is 5.91. The Bertz CT molecular complexity index is 363. The molecule has 0 unspecified atom stereocenters. The monoisotopic (exact) mass is 255 g/mol. The van der Waals surface area contributed by atoms with E-state index in [1.165, 1.54) is 0 Å². The smallest absolute Gasteiger partial charge is 0.267 e. The number of nitrogens with one attached hydrogen (secondary N) is 1. The second kappa shape index (κ2) is 7.27. The van der Waals surface area contributed by atoms with Crippen molar-refractivity contribution in [1.29, 1.82) is 0 Å². The summed E-state index contributed by atoms with van der Waals surface area (Å²) < 4.78 is 1.92. The summed E-state index contributed by atoms with van der Waals surface area (Å²) in [7, 11) is 0. The summed E-state index contributed by atoms with van der Waals surface area (Å²) in [5.74, 6) is 1.04. The lowest BCUT2D eigenvalue weighted by Gasteiger charge is -2.08. The minimum atomic E-state index is -0.0312. The number of hydrogen-bond acceptors (Lipinski definition) is 3. The number of aryl methyl sites for hydroxylation is 1. The number of aromatic nitrogens is 1. The first kappa shape index (κ1) is 14.0. The van der Waals surface area contributed by atoms with Crippen LogP contribution in [0.15, 0.2) is 12.3 Å². The lowest BCUT2D eigenvalue weighted by atomic mass is 10.3. The van der Waals surface area contributed by atoms with Crippen molar-refractivity contribution in [3.05, 3.63) is 18.0 Å². The number of nitrogens with two attached hydrogens (primary N) is 1. The van der Waals surface area contributed by atoms with Gasteiger partial charge in [0.2, 0.25) is 0 Å². The van der Waals surface area contributed by atoms with Gasteiger partial charge in [0.25, 0.3) is 5.91 Å². The fraction of sp³-hybridized carbons (Fsp3) is 0.583. The molecule has 4 nitrogen and oxygen atoms in total. The van der Waals surface area contributed by atoms with E-state index >= 15 is 0 Å². The Labute approximate surface area is 107 Å². The van der Waals surface area contributed by atoms with E-state index in [0.29, 0.717) is 11.4 Å². The van der Waals surface area contributed by atoms with Crippen LogP contribution in [0.1, 0.15) is 30.3 Å². The van der Waals surface area contributed by atoms with Crippen molar-refractivity contribution in [2.45, 2.75) is 26.3 Å². The van der Waals surface area contributed by atoms with Crippen molar-refractivity contribution in [3.8, 4) is 0 Å².